The van der Waals surface area contributed by atoms with Gasteiger partial charge < -0.3 is 14.2 Å². The number of rotatable bonds is 10. The molecule has 0 aliphatic heterocycles. The van der Waals surface area contributed by atoms with E-state index in [0.29, 0.717) is 34.8 Å². The number of aryl methyl sites for hydroxylation is 1. The van der Waals surface area contributed by atoms with Gasteiger partial charge in [-0.05, 0) is 71.5 Å². The van der Waals surface area contributed by atoms with Gasteiger partial charge in [0.2, 0.25) is 0 Å². The molecule has 1 amide bonds. The summed E-state index contributed by atoms with van der Waals surface area (Å²) in [5, 5.41) is 4.70. The Kier molecular flexibility index (Phi) is 8.93. The Morgan fingerprint density at radius 1 is 1.00 bits per heavy atom. The van der Waals surface area contributed by atoms with Crippen molar-refractivity contribution in [2.75, 3.05) is 13.7 Å². The minimum Gasteiger partial charge on any atom is -0.493 e. The quantitative estimate of drug-likeness (QED) is 0.290. The highest BCUT2D eigenvalue weighted by Gasteiger charge is 2.10. The maximum Gasteiger partial charge on any atom is 0.277 e. The summed E-state index contributed by atoms with van der Waals surface area (Å²) in [5.41, 5.74) is 6.37. The van der Waals surface area contributed by atoms with Crippen molar-refractivity contribution in [1.29, 1.82) is 0 Å². The van der Waals surface area contributed by atoms with Crippen molar-refractivity contribution in [1.82, 2.24) is 5.43 Å². The molecule has 0 bridgehead atoms. The van der Waals surface area contributed by atoms with Crippen molar-refractivity contribution in [3.05, 3.63) is 87.9 Å². The van der Waals surface area contributed by atoms with E-state index in [0.717, 1.165) is 22.3 Å². The molecule has 34 heavy (non-hydrogen) atoms. The predicted octanol–water partition coefficient (Wildman–Crippen LogP) is 5.89. The van der Waals surface area contributed by atoms with E-state index in [4.69, 9.17) is 25.8 Å². The van der Waals surface area contributed by atoms with Crippen LogP contribution >= 0.6 is 11.6 Å². The molecular formula is C27H29ClN2O4. The van der Waals surface area contributed by atoms with Crippen LogP contribution in [0.25, 0.3) is 0 Å². The lowest BCUT2D eigenvalue weighted by atomic mass is 10.0. The molecule has 7 heteroatoms. The minimum absolute atomic E-state index is 0.124. The third kappa shape index (κ3) is 7.25. The molecule has 0 aliphatic carbocycles. The van der Waals surface area contributed by atoms with Crippen molar-refractivity contribution in [3.8, 4) is 17.2 Å². The van der Waals surface area contributed by atoms with Gasteiger partial charge in [-0.3, -0.25) is 4.79 Å². The zero-order valence-electron chi connectivity index (χ0n) is 19.8. The molecule has 0 fully saturated rings. The Labute approximate surface area is 205 Å². The first kappa shape index (κ1) is 25.1. The van der Waals surface area contributed by atoms with E-state index in [1.54, 1.807) is 19.2 Å². The number of hydrogen-bond acceptors (Lipinski definition) is 5. The summed E-state index contributed by atoms with van der Waals surface area (Å²) in [6, 6.07) is 18.9. The number of amides is 1. The maximum absolute atomic E-state index is 12.2. The van der Waals surface area contributed by atoms with Crippen LogP contribution in [0.3, 0.4) is 0 Å². The van der Waals surface area contributed by atoms with Gasteiger partial charge in [-0.25, -0.2) is 5.43 Å². The Balaban J connectivity index is 1.54. The van der Waals surface area contributed by atoms with Gasteiger partial charge in [-0.2, -0.15) is 5.10 Å². The number of halogens is 1. The lowest BCUT2D eigenvalue weighted by Gasteiger charge is -2.14. The number of ether oxygens (including phenoxy) is 3. The SMILES string of the molecule is COc1cc(/C=N\NC(=O)COc2cc(C)ccc2C(C)C)ccc1OCc1ccc(Cl)cc1. The van der Waals surface area contributed by atoms with Crippen molar-refractivity contribution < 1.29 is 19.0 Å². The number of hydrogen-bond donors (Lipinski definition) is 1. The number of benzene rings is 3. The Hall–Kier alpha value is -3.51. The van der Waals surface area contributed by atoms with Crippen LogP contribution in [0.2, 0.25) is 5.02 Å². The topological polar surface area (TPSA) is 69.2 Å². The molecule has 0 saturated carbocycles. The van der Waals surface area contributed by atoms with E-state index in [2.05, 4.69) is 24.4 Å². The van der Waals surface area contributed by atoms with E-state index in [9.17, 15) is 4.79 Å². The molecule has 0 spiro atoms. The van der Waals surface area contributed by atoms with Crippen LogP contribution < -0.4 is 19.6 Å². The molecule has 0 saturated heterocycles. The van der Waals surface area contributed by atoms with Gasteiger partial charge in [0, 0.05) is 5.02 Å². The third-order valence-corrected chi connectivity index (χ3v) is 5.30. The van der Waals surface area contributed by atoms with Crippen LogP contribution in [0.15, 0.2) is 65.8 Å². The fourth-order valence-electron chi connectivity index (χ4n) is 3.22. The smallest absolute Gasteiger partial charge is 0.277 e. The molecule has 1 N–H and O–H groups in total. The van der Waals surface area contributed by atoms with Gasteiger partial charge in [-0.15, -0.1) is 0 Å². The van der Waals surface area contributed by atoms with E-state index in [1.165, 1.54) is 6.21 Å². The van der Waals surface area contributed by atoms with Crippen LogP contribution in [-0.4, -0.2) is 25.8 Å². The van der Waals surface area contributed by atoms with Gasteiger partial charge in [0.1, 0.15) is 12.4 Å². The summed E-state index contributed by atoms with van der Waals surface area (Å²) >= 11 is 5.92. The molecule has 0 unspecified atom stereocenters. The normalized spacial score (nSPS) is 11.0. The zero-order valence-corrected chi connectivity index (χ0v) is 20.6. The van der Waals surface area contributed by atoms with Crippen LogP contribution in [0.4, 0.5) is 0 Å². The molecule has 0 radical (unpaired) electrons. The van der Waals surface area contributed by atoms with Crippen LogP contribution in [0.1, 0.15) is 42.0 Å². The second kappa shape index (κ2) is 12.1. The minimum atomic E-state index is -0.345. The monoisotopic (exact) mass is 480 g/mol. The Morgan fingerprint density at radius 3 is 2.47 bits per heavy atom. The summed E-state index contributed by atoms with van der Waals surface area (Å²) < 4.78 is 17.0. The maximum atomic E-state index is 12.2. The number of carbonyl (C=O) groups is 1. The van der Waals surface area contributed by atoms with Crippen LogP contribution in [-0.2, 0) is 11.4 Å². The second-order valence-corrected chi connectivity index (χ2v) is 8.54. The highest BCUT2D eigenvalue weighted by Crippen LogP contribution is 2.29. The molecule has 3 rings (SSSR count). The summed E-state index contributed by atoms with van der Waals surface area (Å²) in [5.74, 6) is 1.83. The average Bonchev–Trinajstić information content (AvgIpc) is 2.82. The van der Waals surface area contributed by atoms with Crippen molar-refractivity contribution >= 4 is 23.7 Å². The van der Waals surface area contributed by atoms with E-state index in [-0.39, 0.29) is 12.5 Å². The summed E-state index contributed by atoms with van der Waals surface area (Å²) in [4.78, 5) is 12.2. The van der Waals surface area contributed by atoms with Crippen molar-refractivity contribution in [2.24, 2.45) is 5.10 Å². The largest absolute Gasteiger partial charge is 0.493 e. The lowest BCUT2D eigenvalue weighted by Crippen LogP contribution is -2.25. The number of hydrazone groups is 1. The van der Waals surface area contributed by atoms with Crippen molar-refractivity contribution in [2.45, 2.75) is 33.3 Å². The molecule has 3 aromatic rings. The number of carbonyl (C=O) groups excluding carboxylic acids is 1. The molecule has 0 heterocycles. The third-order valence-electron chi connectivity index (χ3n) is 5.05. The first-order chi connectivity index (χ1) is 16.4. The van der Waals surface area contributed by atoms with Crippen LogP contribution in [0, 0.1) is 6.92 Å². The number of nitrogens with zero attached hydrogens (tertiary/aromatic N) is 1. The highest BCUT2D eigenvalue weighted by atomic mass is 35.5. The van der Waals surface area contributed by atoms with Gasteiger partial charge in [0.15, 0.2) is 18.1 Å². The van der Waals surface area contributed by atoms with Crippen LogP contribution in [0.5, 0.6) is 17.2 Å². The number of nitrogens with one attached hydrogen (secondary N) is 1. The van der Waals surface area contributed by atoms with E-state index < -0.39 is 0 Å². The molecule has 178 valence electrons. The molecule has 0 aromatic heterocycles. The lowest BCUT2D eigenvalue weighted by molar-refractivity contribution is -0.123. The Bertz CT molecular complexity index is 1140. The van der Waals surface area contributed by atoms with E-state index in [1.807, 2.05) is 55.5 Å². The predicted molar refractivity (Wildman–Crippen MR) is 135 cm³/mol. The molecular weight excluding hydrogens is 452 g/mol. The second-order valence-electron chi connectivity index (χ2n) is 8.10. The fourth-order valence-corrected chi connectivity index (χ4v) is 3.35. The molecule has 3 aromatic carbocycles. The first-order valence-corrected chi connectivity index (χ1v) is 11.3. The highest BCUT2D eigenvalue weighted by molar-refractivity contribution is 6.30. The molecule has 6 nitrogen and oxygen atoms in total. The summed E-state index contributed by atoms with van der Waals surface area (Å²) in [6.45, 7) is 6.43. The van der Waals surface area contributed by atoms with Gasteiger partial charge in [0.05, 0.1) is 13.3 Å². The standard InChI is InChI=1S/C27H29ClN2O4/c1-18(2)23-11-5-19(3)13-25(23)34-17-27(31)30-29-15-21-8-12-24(26(14-21)32-4)33-16-20-6-9-22(28)10-7-20/h5-15,18H,16-17H2,1-4H3,(H,30,31)/b29-15-. The van der Waals surface area contributed by atoms with Gasteiger partial charge in [-0.1, -0.05) is 49.7 Å². The summed E-state index contributed by atoms with van der Waals surface area (Å²) in [6.07, 6.45) is 1.54. The van der Waals surface area contributed by atoms with Gasteiger partial charge in [0.25, 0.3) is 5.91 Å². The average molecular weight is 481 g/mol. The number of methoxy groups -OCH3 is 1. The van der Waals surface area contributed by atoms with E-state index >= 15 is 0 Å². The first-order valence-electron chi connectivity index (χ1n) is 11.0. The molecule has 0 atom stereocenters. The molecule has 0 aliphatic rings. The summed E-state index contributed by atoms with van der Waals surface area (Å²) in [7, 11) is 1.57. The Morgan fingerprint density at radius 2 is 1.76 bits per heavy atom. The zero-order chi connectivity index (χ0) is 24.5. The van der Waals surface area contributed by atoms with Crippen molar-refractivity contribution in [3.63, 3.8) is 0 Å². The van der Waals surface area contributed by atoms with Gasteiger partial charge >= 0.3 is 0 Å². The fraction of sp³-hybridized carbons (Fsp3) is 0.259.